The smallest absolute Gasteiger partial charge is 0.254 e. The number of thiazole rings is 1. The molecule has 2 amide bonds. The van der Waals surface area contributed by atoms with Gasteiger partial charge >= 0.3 is 0 Å². The molecule has 2 heterocycles. The molecule has 0 spiro atoms. The van der Waals surface area contributed by atoms with E-state index in [1.165, 1.54) is 11.3 Å². The van der Waals surface area contributed by atoms with Gasteiger partial charge in [0.15, 0.2) is 5.13 Å². The fourth-order valence-electron chi connectivity index (χ4n) is 2.89. The van der Waals surface area contributed by atoms with Crippen molar-refractivity contribution in [1.29, 1.82) is 0 Å². The number of amides is 2. The predicted octanol–water partition coefficient (Wildman–Crippen LogP) is 2.52. The van der Waals surface area contributed by atoms with Crippen LogP contribution in [0.2, 0.25) is 5.02 Å². The first-order valence-corrected chi connectivity index (χ1v) is 10.3. The highest BCUT2D eigenvalue weighted by Gasteiger charge is 2.21. The van der Waals surface area contributed by atoms with Gasteiger partial charge in [-0.05, 0) is 25.1 Å². The molecule has 1 fully saturated rings. The van der Waals surface area contributed by atoms with Crippen molar-refractivity contribution in [1.82, 2.24) is 14.8 Å². The number of nitrogens with one attached hydrogen (secondary N) is 1. The number of ether oxygens (including phenoxy) is 1. The summed E-state index contributed by atoms with van der Waals surface area (Å²) >= 11 is 7.39. The lowest BCUT2D eigenvalue weighted by atomic mass is 10.2. The minimum Gasteiger partial charge on any atom is -0.379 e. The molecule has 1 aromatic heterocycles. The number of morpholine rings is 1. The lowest BCUT2D eigenvalue weighted by Gasteiger charge is -2.30. The Balaban J connectivity index is 1.67. The van der Waals surface area contributed by atoms with Crippen LogP contribution < -0.4 is 5.32 Å². The molecule has 0 radical (unpaired) electrons. The molecule has 28 heavy (non-hydrogen) atoms. The highest BCUT2D eigenvalue weighted by atomic mass is 35.5. The first kappa shape index (κ1) is 20.7. The number of carbonyl (C=O) groups is 2. The van der Waals surface area contributed by atoms with Crippen LogP contribution in [0.5, 0.6) is 0 Å². The van der Waals surface area contributed by atoms with Crippen molar-refractivity contribution in [2.75, 3.05) is 51.3 Å². The van der Waals surface area contributed by atoms with Crippen molar-refractivity contribution in [2.24, 2.45) is 0 Å². The topological polar surface area (TPSA) is 74.8 Å². The summed E-state index contributed by atoms with van der Waals surface area (Å²) < 4.78 is 5.36. The number of hydrogen-bond acceptors (Lipinski definition) is 6. The maximum atomic E-state index is 13.0. The summed E-state index contributed by atoms with van der Waals surface area (Å²) in [4.78, 5) is 33.5. The van der Waals surface area contributed by atoms with Gasteiger partial charge in [-0.3, -0.25) is 14.5 Å². The second-order valence-electron chi connectivity index (χ2n) is 6.53. The Bertz CT molecular complexity index is 823. The van der Waals surface area contributed by atoms with Gasteiger partial charge in [0, 0.05) is 42.1 Å². The van der Waals surface area contributed by atoms with Crippen LogP contribution in [-0.2, 0) is 9.53 Å². The molecule has 9 heteroatoms. The van der Waals surface area contributed by atoms with Gasteiger partial charge in [0.25, 0.3) is 5.91 Å². The van der Waals surface area contributed by atoms with Crippen molar-refractivity contribution >= 4 is 39.9 Å². The van der Waals surface area contributed by atoms with Gasteiger partial charge in [-0.25, -0.2) is 4.98 Å². The Morgan fingerprint density at radius 1 is 1.36 bits per heavy atom. The van der Waals surface area contributed by atoms with E-state index >= 15 is 0 Å². The zero-order valence-electron chi connectivity index (χ0n) is 15.7. The van der Waals surface area contributed by atoms with Gasteiger partial charge < -0.3 is 15.0 Å². The van der Waals surface area contributed by atoms with Gasteiger partial charge in [-0.2, -0.15) is 0 Å². The van der Waals surface area contributed by atoms with Crippen LogP contribution in [0.4, 0.5) is 5.13 Å². The van der Waals surface area contributed by atoms with E-state index in [0.717, 1.165) is 18.8 Å². The third-order valence-electron chi connectivity index (χ3n) is 4.35. The monoisotopic (exact) mass is 422 g/mol. The molecule has 0 bridgehead atoms. The van der Waals surface area contributed by atoms with Crippen LogP contribution in [-0.4, -0.2) is 72.5 Å². The number of benzene rings is 1. The van der Waals surface area contributed by atoms with Gasteiger partial charge in [-0.1, -0.05) is 17.7 Å². The first-order chi connectivity index (χ1) is 13.5. The Hall–Kier alpha value is -2.00. The Morgan fingerprint density at radius 3 is 2.82 bits per heavy atom. The minimum atomic E-state index is -0.272. The quantitative estimate of drug-likeness (QED) is 0.742. The van der Waals surface area contributed by atoms with E-state index in [4.69, 9.17) is 16.3 Å². The zero-order chi connectivity index (χ0) is 19.9. The van der Waals surface area contributed by atoms with E-state index in [1.807, 2.05) is 12.3 Å². The fourth-order valence-corrected chi connectivity index (χ4v) is 3.78. The number of nitrogens with zero attached hydrogens (tertiary/aromatic N) is 3. The van der Waals surface area contributed by atoms with Crippen LogP contribution in [0, 0.1) is 6.92 Å². The summed E-state index contributed by atoms with van der Waals surface area (Å²) in [5.74, 6) is -0.493. The van der Waals surface area contributed by atoms with Gasteiger partial charge in [0.1, 0.15) is 6.54 Å². The second kappa shape index (κ2) is 9.97. The summed E-state index contributed by atoms with van der Waals surface area (Å²) in [6.45, 7) is 5.96. The number of rotatable bonds is 7. The normalized spacial score (nSPS) is 14.6. The predicted molar refractivity (Wildman–Crippen MR) is 110 cm³/mol. The molecule has 1 aliphatic rings. The average Bonchev–Trinajstić information content (AvgIpc) is 3.10. The van der Waals surface area contributed by atoms with Crippen LogP contribution >= 0.6 is 22.9 Å². The van der Waals surface area contributed by atoms with Crippen molar-refractivity contribution < 1.29 is 14.3 Å². The van der Waals surface area contributed by atoms with Gasteiger partial charge in [-0.15, -0.1) is 11.3 Å². The first-order valence-electron chi connectivity index (χ1n) is 9.08. The van der Waals surface area contributed by atoms with Crippen LogP contribution in [0.15, 0.2) is 29.6 Å². The summed E-state index contributed by atoms with van der Waals surface area (Å²) in [7, 11) is 0. The summed E-state index contributed by atoms with van der Waals surface area (Å²) in [5.41, 5.74) is 1.31. The maximum absolute atomic E-state index is 13.0. The van der Waals surface area contributed by atoms with E-state index in [1.54, 1.807) is 29.2 Å². The number of aromatic nitrogens is 1. The molecule has 0 aliphatic carbocycles. The number of carbonyl (C=O) groups excluding carboxylic acids is 2. The molecular weight excluding hydrogens is 400 g/mol. The molecule has 0 saturated carbocycles. The number of anilines is 1. The van der Waals surface area contributed by atoms with Crippen LogP contribution in [0.3, 0.4) is 0 Å². The number of hydrogen-bond donors (Lipinski definition) is 1. The lowest BCUT2D eigenvalue weighted by Crippen LogP contribution is -2.45. The second-order valence-corrected chi connectivity index (χ2v) is 7.83. The summed E-state index contributed by atoms with van der Waals surface area (Å²) in [6, 6.07) is 6.77. The molecule has 150 valence electrons. The minimum absolute atomic E-state index is 0.0473. The number of halogens is 1. The molecular formula is C19H23ClN4O3S. The van der Waals surface area contributed by atoms with Crippen LogP contribution in [0.25, 0.3) is 0 Å². The SMILES string of the molecule is Cc1csc(NC(=O)CN(CCN2CCOCC2)C(=O)c2cccc(Cl)c2)n1. The Morgan fingerprint density at radius 2 is 2.14 bits per heavy atom. The van der Waals surface area contributed by atoms with E-state index in [2.05, 4.69) is 15.2 Å². The van der Waals surface area contributed by atoms with Crippen molar-refractivity contribution in [2.45, 2.75) is 6.92 Å². The van der Waals surface area contributed by atoms with Crippen molar-refractivity contribution in [3.63, 3.8) is 0 Å². The van der Waals surface area contributed by atoms with Crippen molar-refractivity contribution in [3.05, 3.63) is 45.9 Å². The van der Waals surface area contributed by atoms with E-state index in [-0.39, 0.29) is 18.4 Å². The molecule has 7 nitrogen and oxygen atoms in total. The highest BCUT2D eigenvalue weighted by molar-refractivity contribution is 7.13. The third kappa shape index (κ3) is 6.00. The van der Waals surface area contributed by atoms with E-state index < -0.39 is 0 Å². The van der Waals surface area contributed by atoms with Gasteiger partial charge in [0.05, 0.1) is 18.9 Å². The maximum Gasteiger partial charge on any atom is 0.254 e. The standard InChI is InChI=1S/C19H23ClN4O3S/c1-14-13-28-19(21-14)22-17(25)12-24(6-5-23-7-9-27-10-8-23)18(26)15-3-2-4-16(20)11-15/h2-4,11,13H,5-10,12H2,1H3,(H,21,22,25). The molecule has 2 aromatic rings. The largest absolute Gasteiger partial charge is 0.379 e. The summed E-state index contributed by atoms with van der Waals surface area (Å²) in [5, 5.41) is 5.65. The van der Waals surface area contributed by atoms with Crippen LogP contribution in [0.1, 0.15) is 16.1 Å². The zero-order valence-corrected chi connectivity index (χ0v) is 17.3. The molecule has 3 rings (SSSR count). The van der Waals surface area contributed by atoms with E-state index in [0.29, 0.717) is 42.0 Å². The third-order valence-corrected chi connectivity index (χ3v) is 5.46. The summed E-state index contributed by atoms with van der Waals surface area (Å²) in [6.07, 6.45) is 0. The average molecular weight is 423 g/mol. The highest BCUT2D eigenvalue weighted by Crippen LogP contribution is 2.16. The molecule has 0 atom stereocenters. The molecule has 1 aliphatic heterocycles. The molecule has 1 N–H and O–H groups in total. The van der Waals surface area contributed by atoms with Gasteiger partial charge in [0.2, 0.25) is 5.91 Å². The van der Waals surface area contributed by atoms with Crippen molar-refractivity contribution in [3.8, 4) is 0 Å². The Kier molecular flexibility index (Phi) is 7.38. The molecule has 1 saturated heterocycles. The molecule has 1 aromatic carbocycles. The fraction of sp³-hybridized carbons (Fsp3) is 0.421. The van der Waals surface area contributed by atoms with E-state index in [9.17, 15) is 9.59 Å². The lowest BCUT2D eigenvalue weighted by molar-refractivity contribution is -0.117. The molecule has 0 unspecified atom stereocenters. The Labute approximate surface area is 173 Å². The number of aryl methyl sites for hydroxylation is 1.